The highest BCUT2D eigenvalue weighted by Gasteiger charge is 2.12. The molecule has 4 nitrogen and oxygen atoms in total. The van der Waals surface area contributed by atoms with Crippen molar-refractivity contribution in [3.05, 3.63) is 89.7 Å². The molecule has 0 aliphatic carbocycles. The minimum Gasteiger partial charge on any atom is -0.497 e. The van der Waals surface area contributed by atoms with Crippen LogP contribution in [0, 0.1) is 6.92 Å². The normalized spacial score (nSPS) is 10.3. The molecule has 0 saturated carbocycles. The van der Waals surface area contributed by atoms with Crippen molar-refractivity contribution in [2.75, 3.05) is 12.4 Å². The van der Waals surface area contributed by atoms with Crippen LogP contribution in [0.1, 0.15) is 16.7 Å². The van der Waals surface area contributed by atoms with Gasteiger partial charge in [0.05, 0.1) is 7.11 Å². The Hall–Kier alpha value is -2.92. The van der Waals surface area contributed by atoms with Gasteiger partial charge < -0.3 is 15.0 Å². The van der Waals surface area contributed by atoms with E-state index >= 15 is 0 Å². The standard InChI is InChI=1S/C22H23N3OS/c1-17-3-5-18(6-4-17)15-25(16-19-11-13-23-14-12-19)22(27)24-20-7-9-21(26-2)10-8-20/h3-14H,15-16H2,1-2H3,(H,24,27). The van der Waals surface area contributed by atoms with Crippen molar-refractivity contribution >= 4 is 23.0 Å². The smallest absolute Gasteiger partial charge is 0.174 e. The fourth-order valence-electron chi connectivity index (χ4n) is 2.70. The van der Waals surface area contributed by atoms with E-state index in [1.807, 2.05) is 36.4 Å². The molecule has 0 unspecified atom stereocenters. The van der Waals surface area contributed by atoms with Crippen molar-refractivity contribution in [2.45, 2.75) is 20.0 Å². The van der Waals surface area contributed by atoms with Crippen LogP contribution in [0.4, 0.5) is 5.69 Å². The number of nitrogens with zero attached hydrogens (tertiary/aromatic N) is 2. The zero-order valence-corrected chi connectivity index (χ0v) is 16.4. The topological polar surface area (TPSA) is 37.4 Å². The summed E-state index contributed by atoms with van der Waals surface area (Å²) < 4.78 is 5.21. The molecule has 0 bridgehead atoms. The molecule has 0 atom stereocenters. The van der Waals surface area contributed by atoms with E-state index in [4.69, 9.17) is 17.0 Å². The Labute approximate surface area is 165 Å². The zero-order valence-electron chi connectivity index (χ0n) is 15.6. The highest BCUT2D eigenvalue weighted by atomic mass is 32.1. The zero-order chi connectivity index (χ0) is 19.1. The predicted octanol–water partition coefficient (Wildman–Crippen LogP) is 4.80. The van der Waals surface area contributed by atoms with Gasteiger partial charge in [0.1, 0.15) is 5.75 Å². The molecular formula is C22H23N3OS. The third-order valence-electron chi connectivity index (χ3n) is 4.25. The third kappa shape index (κ3) is 5.53. The quantitative estimate of drug-likeness (QED) is 0.625. The highest BCUT2D eigenvalue weighted by molar-refractivity contribution is 7.80. The maximum Gasteiger partial charge on any atom is 0.174 e. The second-order valence-electron chi connectivity index (χ2n) is 6.36. The average molecular weight is 378 g/mol. The number of pyridine rings is 1. The largest absolute Gasteiger partial charge is 0.497 e. The van der Waals surface area contributed by atoms with Crippen LogP contribution in [0.15, 0.2) is 73.1 Å². The molecule has 2 aromatic carbocycles. The van der Waals surface area contributed by atoms with Crippen LogP contribution in [0.5, 0.6) is 5.75 Å². The van der Waals surface area contributed by atoms with Gasteiger partial charge in [-0.25, -0.2) is 0 Å². The first-order valence-electron chi connectivity index (χ1n) is 8.78. The fraction of sp³-hybridized carbons (Fsp3) is 0.182. The molecule has 1 heterocycles. The number of aromatic nitrogens is 1. The summed E-state index contributed by atoms with van der Waals surface area (Å²) in [5.41, 5.74) is 4.56. The summed E-state index contributed by atoms with van der Waals surface area (Å²) in [6, 6.07) is 20.3. The average Bonchev–Trinajstić information content (AvgIpc) is 2.70. The lowest BCUT2D eigenvalue weighted by atomic mass is 10.1. The van der Waals surface area contributed by atoms with Crippen molar-refractivity contribution in [1.29, 1.82) is 0 Å². The van der Waals surface area contributed by atoms with Crippen molar-refractivity contribution in [2.24, 2.45) is 0 Å². The monoisotopic (exact) mass is 377 g/mol. The Morgan fingerprint density at radius 3 is 2.11 bits per heavy atom. The number of ether oxygens (including phenoxy) is 1. The van der Waals surface area contributed by atoms with E-state index in [0.29, 0.717) is 11.7 Å². The van der Waals surface area contributed by atoms with E-state index in [1.165, 1.54) is 11.1 Å². The van der Waals surface area contributed by atoms with Crippen molar-refractivity contribution < 1.29 is 4.74 Å². The minimum absolute atomic E-state index is 0.678. The van der Waals surface area contributed by atoms with Gasteiger partial charge in [-0.05, 0) is 66.7 Å². The molecule has 1 N–H and O–H groups in total. The maximum absolute atomic E-state index is 5.71. The Balaban J connectivity index is 1.76. The van der Waals surface area contributed by atoms with Crippen molar-refractivity contribution in [3.8, 4) is 5.75 Å². The predicted molar refractivity (Wildman–Crippen MR) is 114 cm³/mol. The van der Waals surface area contributed by atoms with Gasteiger partial charge in [-0.3, -0.25) is 4.98 Å². The molecule has 3 aromatic rings. The summed E-state index contributed by atoms with van der Waals surface area (Å²) in [6.07, 6.45) is 3.61. The van der Waals surface area contributed by atoms with Gasteiger partial charge in [0, 0.05) is 31.2 Å². The Morgan fingerprint density at radius 1 is 0.926 bits per heavy atom. The van der Waals surface area contributed by atoms with E-state index < -0.39 is 0 Å². The Bertz CT molecular complexity index is 864. The van der Waals surface area contributed by atoms with Crippen LogP contribution in [-0.4, -0.2) is 22.1 Å². The second-order valence-corrected chi connectivity index (χ2v) is 6.74. The maximum atomic E-state index is 5.71. The van der Waals surface area contributed by atoms with E-state index in [-0.39, 0.29) is 0 Å². The van der Waals surface area contributed by atoms with Gasteiger partial charge >= 0.3 is 0 Å². The summed E-state index contributed by atoms with van der Waals surface area (Å²) in [5, 5.41) is 4.01. The van der Waals surface area contributed by atoms with Crippen LogP contribution >= 0.6 is 12.2 Å². The molecule has 0 aliphatic heterocycles. The van der Waals surface area contributed by atoms with Crippen molar-refractivity contribution in [1.82, 2.24) is 9.88 Å². The number of thiocarbonyl (C=S) groups is 1. The first kappa shape index (κ1) is 18.9. The number of aryl methyl sites for hydroxylation is 1. The lowest BCUT2D eigenvalue weighted by molar-refractivity contribution is 0.412. The van der Waals surface area contributed by atoms with Crippen LogP contribution in [0.2, 0.25) is 0 Å². The molecule has 0 amide bonds. The van der Waals surface area contributed by atoms with Gasteiger partial charge in [0.2, 0.25) is 0 Å². The Kier molecular flexibility index (Phi) is 6.39. The van der Waals surface area contributed by atoms with E-state index in [1.54, 1.807) is 19.5 Å². The lowest BCUT2D eigenvalue weighted by Gasteiger charge is -2.26. The minimum atomic E-state index is 0.678. The van der Waals surface area contributed by atoms with E-state index in [2.05, 4.69) is 46.4 Å². The van der Waals surface area contributed by atoms with E-state index in [0.717, 1.165) is 23.5 Å². The van der Waals surface area contributed by atoms with Gasteiger partial charge in [0.15, 0.2) is 5.11 Å². The molecule has 27 heavy (non-hydrogen) atoms. The second kappa shape index (κ2) is 9.14. The SMILES string of the molecule is COc1ccc(NC(=S)N(Cc2ccncc2)Cc2ccc(C)cc2)cc1. The molecule has 0 radical (unpaired) electrons. The van der Waals surface area contributed by atoms with Gasteiger partial charge in [-0.1, -0.05) is 29.8 Å². The van der Waals surface area contributed by atoms with Gasteiger partial charge in [0.25, 0.3) is 0 Å². The molecule has 0 fully saturated rings. The molecule has 138 valence electrons. The van der Waals surface area contributed by atoms with Crippen LogP contribution in [0.25, 0.3) is 0 Å². The number of rotatable bonds is 6. The number of benzene rings is 2. The number of anilines is 1. The molecule has 0 saturated heterocycles. The summed E-state index contributed by atoms with van der Waals surface area (Å²) in [4.78, 5) is 6.25. The van der Waals surface area contributed by atoms with Crippen LogP contribution in [-0.2, 0) is 13.1 Å². The molecule has 1 aromatic heterocycles. The van der Waals surface area contributed by atoms with Crippen LogP contribution in [0.3, 0.4) is 0 Å². The van der Waals surface area contributed by atoms with Crippen LogP contribution < -0.4 is 10.1 Å². The van der Waals surface area contributed by atoms with Gasteiger partial charge in [-0.2, -0.15) is 0 Å². The fourth-order valence-corrected chi connectivity index (χ4v) is 2.95. The first-order valence-corrected chi connectivity index (χ1v) is 9.19. The first-order chi connectivity index (χ1) is 13.1. The number of nitrogens with one attached hydrogen (secondary N) is 1. The molecule has 5 heteroatoms. The summed E-state index contributed by atoms with van der Waals surface area (Å²) in [5.74, 6) is 0.819. The molecule has 3 rings (SSSR count). The van der Waals surface area contributed by atoms with E-state index in [9.17, 15) is 0 Å². The highest BCUT2D eigenvalue weighted by Crippen LogP contribution is 2.17. The number of hydrogen-bond donors (Lipinski definition) is 1. The molecule has 0 spiro atoms. The lowest BCUT2D eigenvalue weighted by Crippen LogP contribution is -2.33. The summed E-state index contributed by atoms with van der Waals surface area (Å²) in [7, 11) is 1.66. The Morgan fingerprint density at radius 2 is 1.52 bits per heavy atom. The number of hydrogen-bond acceptors (Lipinski definition) is 3. The number of methoxy groups -OCH3 is 1. The summed E-state index contributed by atoms with van der Waals surface area (Å²) >= 11 is 5.71. The summed E-state index contributed by atoms with van der Waals surface area (Å²) in [6.45, 7) is 3.53. The van der Waals surface area contributed by atoms with Gasteiger partial charge in [-0.15, -0.1) is 0 Å². The third-order valence-corrected chi connectivity index (χ3v) is 4.61. The molecule has 0 aliphatic rings. The van der Waals surface area contributed by atoms with Crippen molar-refractivity contribution in [3.63, 3.8) is 0 Å². The molecular weight excluding hydrogens is 354 g/mol.